The van der Waals surface area contributed by atoms with Crippen molar-refractivity contribution in [3.8, 4) is 34.5 Å². The third kappa shape index (κ3) is 8.25. The Kier molecular flexibility index (Phi) is 14.5. The van der Waals surface area contributed by atoms with Crippen molar-refractivity contribution >= 4 is 8.32 Å². The number of morpholine rings is 1. The zero-order chi connectivity index (χ0) is 40.1. The monoisotopic (exact) mass is 767 g/mol. The molecule has 298 valence electrons. The molecule has 1 saturated heterocycles. The molecule has 0 spiro atoms. The average molecular weight is 768 g/mol. The van der Waals surface area contributed by atoms with Gasteiger partial charge in [0.05, 0.1) is 47.2 Å². The van der Waals surface area contributed by atoms with E-state index in [0.717, 1.165) is 5.56 Å². The molecule has 2 aromatic carbocycles. The fourth-order valence-electron chi connectivity index (χ4n) is 8.52. The lowest BCUT2D eigenvalue weighted by molar-refractivity contribution is -0.0608. The maximum atomic E-state index is 11.9. The van der Waals surface area contributed by atoms with Gasteiger partial charge in [0, 0.05) is 54.4 Å². The molecule has 4 N–H and O–H groups in total. The number of ether oxygens (including phenoxy) is 5. The molecule has 0 radical (unpaired) electrons. The summed E-state index contributed by atoms with van der Waals surface area (Å²) in [5.74, 6) is 1.48. The largest absolute Gasteiger partial charge is 0.504 e. The van der Waals surface area contributed by atoms with Crippen LogP contribution in [-0.4, -0.2) is 114 Å². The lowest BCUT2D eigenvalue weighted by atomic mass is 9.80. The van der Waals surface area contributed by atoms with Gasteiger partial charge in [0.1, 0.15) is 17.5 Å². The van der Waals surface area contributed by atoms with E-state index in [1.807, 2.05) is 11.8 Å². The summed E-state index contributed by atoms with van der Waals surface area (Å²) in [7, 11) is 4.16. The molecule has 2 aromatic rings. The third-order valence-corrected chi connectivity index (χ3v) is 17.2. The van der Waals surface area contributed by atoms with Gasteiger partial charge in [-0.15, -0.1) is 0 Å². The second-order valence-corrected chi connectivity index (χ2v) is 20.2. The van der Waals surface area contributed by atoms with Gasteiger partial charge in [-0.1, -0.05) is 27.7 Å². The number of nitrogens with two attached hydrogens (primary N) is 1. The number of rotatable bonds is 16. The molecule has 2 aliphatic rings. The maximum absolute atomic E-state index is 11.9. The zero-order valence-electron chi connectivity index (χ0n) is 34.0. The maximum Gasteiger partial charge on any atom is 0.295 e. The van der Waals surface area contributed by atoms with Crippen LogP contribution in [0.3, 0.4) is 0 Å². The molecule has 0 amide bonds. The van der Waals surface area contributed by atoms with Crippen LogP contribution in [0.4, 0.5) is 0 Å². The van der Waals surface area contributed by atoms with Crippen LogP contribution in [0.5, 0.6) is 34.5 Å². The van der Waals surface area contributed by atoms with E-state index in [0.29, 0.717) is 89.7 Å². The quantitative estimate of drug-likeness (QED) is 0.133. The molecule has 0 aliphatic carbocycles. The van der Waals surface area contributed by atoms with Gasteiger partial charge in [0.15, 0.2) is 31.3 Å². The van der Waals surface area contributed by atoms with Gasteiger partial charge >= 0.3 is 0 Å². The number of benzene rings is 2. The number of aromatic hydroxyl groups is 2. The average Bonchev–Trinajstić information content (AvgIpc) is 3.12. The van der Waals surface area contributed by atoms with Gasteiger partial charge in [-0.25, -0.2) is 22.9 Å². The highest BCUT2D eigenvalue weighted by Crippen LogP contribution is 2.52. The summed E-state index contributed by atoms with van der Waals surface area (Å²) in [5.41, 5.74) is 11.3. The SMILES string of the molecule is [C-]#[N+]CN1C(C(N)Cc2cc(O)c(OC)c(C)c2OC)c2c(O)c(OC)c(C)c(OC)c2CC1[C@@H]([N+]#[C-])N1CCO[C@@H](CCO[Si](C)(C(C)C)C(C)C)C1. The normalized spacial score (nSPS) is 20.6. The van der Waals surface area contributed by atoms with E-state index >= 15 is 0 Å². The number of phenols is 2. The van der Waals surface area contributed by atoms with E-state index in [1.54, 1.807) is 27.2 Å². The summed E-state index contributed by atoms with van der Waals surface area (Å²) in [6, 6.07) is -0.427. The number of phenolic OH excluding ortho intramolecular Hbond substituents is 2. The van der Waals surface area contributed by atoms with E-state index in [2.05, 4.69) is 48.8 Å². The van der Waals surface area contributed by atoms with E-state index in [-0.39, 0.29) is 36.4 Å². The fraction of sp³-hybridized carbons (Fsp3) is 0.650. The van der Waals surface area contributed by atoms with Gasteiger partial charge in [-0.2, -0.15) is 0 Å². The summed E-state index contributed by atoms with van der Waals surface area (Å²) >= 11 is 0. The molecule has 0 saturated carbocycles. The second kappa shape index (κ2) is 18.2. The van der Waals surface area contributed by atoms with Crippen molar-refractivity contribution in [3.63, 3.8) is 0 Å². The minimum atomic E-state index is -1.94. The molecule has 0 bridgehead atoms. The van der Waals surface area contributed by atoms with Crippen molar-refractivity contribution < 1.29 is 38.3 Å². The zero-order valence-corrected chi connectivity index (χ0v) is 35.0. The number of nitrogens with zero attached hydrogens (tertiary/aromatic N) is 4. The molecular weight excluding hydrogens is 707 g/mol. The summed E-state index contributed by atoms with van der Waals surface area (Å²) < 4.78 is 35.8. The van der Waals surface area contributed by atoms with Crippen molar-refractivity contribution in [1.29, 1.82) is 0 Å². The lowest BCUT2D eigenvalue weighted by Gasteiger charge is -2.46. The first kappa shape index (κ1) is 43.0. The smallest absolute Gasteiger partial charge is 0.295 e. The van der Waals surface area contributed by atoms with E-state index in [1.165, 1.54) is 14.2 Å². The summed E-state index contributed by atoms with van der Waals surface area (Å²) in [6.07, 6.45) is 0.456. The van der Waals surface area contributed by atoms with Gasteiger partial charge < -0.3 is 44.1 Å². The summed E-state index contributed by atoms with van der Waals surface area (Å²) in [6.45, 7) is 33.6. The molecule has 13 nitrogen and oxygen atoms in total. The number of methoxy groups -OCH3 is 4. The molecule has 4 rings (SSSR count). The van der Waals surface area contributed by atoms with E-state index < -0.39 is 32.6 Å². The summed E-state index contributed by atoms with van der Waals surface area (Å²) in [4.78, 5) is 12.2. The van der Waals surface area contributed by atoms with Crippen LogP contribution in [0.2, 0.25) is 17.6 Å². The van der Waals surface area contributed by atoms with E-state index in [4.69, 9.17) is 47.0 Å². The number of fused-ring (bicyclic) bond motifs is 1. The van der Waals surface area contributed by atoms with Crippen molar-refractivity contribution in [3.05, 3.63) is 56.7 Å². The first-order valence-corrected chi connectivity index (χ1v) is 21.3. The van der Waals surface area contributed by atoms with Crippen LogP contribution in [0.15, 0.2) is 6.07 Å². The Morgan fingerprint density at radius 3 is 2.13 bits per heavy atom. The highest BCUT2D eigenvalue weighted by molar-refractivity contribution is 6.75. The highest BCUT2D eigenvalue weighted by Gasteiger charge is 2.50. The van der Waals surface area contributed by atoms with Crippen molar-refractivity contribution in [2.45, 2.75) is 109 Å². The van der Waals surface area contributed by atoms with Crippen LogP contribution in [0, 0.1) is 27.0 Å². The minimum absolute atomic E-state index is 0.0551. The Labute approximate surface area is 323 Å². The Morgan fingerprint density at radius 2 is 1.57 bits per heavy atom. The van der Waals surface area contributed by atoms with Crippen LogP contribution < -0.4 is 24.7 Å². The fourth-order valence-corrected chi connectivity index (χ4v) is 11.1. The topological polar surface area (TPSA) is 137 Å². The Bertz CT molecular complexity index is 1700. The molecule has 14 heteroatoms. The first-order valence-electron chi connectivity index (χ1n) is 18.8. The van der Waals surface area contributed by atoms with Gasteiger partial charge in [0.25, 0.3) is 12.8 Å². The molecule has 54 heavy (non-hydrogen) atoms. The third-order valence-electron chi connectivity index (χ3n) is 11.8. The first-order chi connectivity index (χ1) is 25.6. The Hall–Kier alpha value is -3.76. The lowest BCUT2D eigenvalue weighted by Crippen LogP contribution is -2.60. The predicted molar refractivity (Wildman–Crippen MR) is 211 cm³/mol. The molecular formula is C40H61N5O8Si. The van der Waals surface area contributed by atoms with Crippen LogP contribution in [-0.2, 0) is 22.0 Å². The van der Waals surface area contributed by atoms with Crippen molar-refractivity contribution in [2.75, 3.05) is 61.4 Å². The Morgan fingerprint density at radius 1 is 0.963 bits per heavy atom. The van der Waals surface area contributed by atoms with Gasteiger partial charge in [-0.05, 0) is 55.9 Å². The number of hydrogen-bond acceptors (Lipinski definition) is 11. The predicted octanol–water partition coefficient (Wildman–Crippen LogP) is 6.21. The van der Waals surface area contributed by atoms with Gasteiger partial charge in [0.2, 0.25) is 0 Å². The van der Waals surface area contributed by atoms with Crippen LogP contribution in [0.25, 0.3) is 9.69 Å². The molecule has 3 unspecified atom stereocenters. The van der Waals surface area contributed by atoms with Gasteiger partial charge in [-0.3, -0.25) is 9.69 Å². The Balaban J connectivity index is 1.78. The standard InChI is InChI=1S/C40H61N5O8Si/c1-23(2)54(13,24(3)4)53-16-14-28-21-44(15-17-52-28)40(43-8)31-20-29-33(35(47)39(51-12)26(6)37(29)49-10)34(45(31)22-42-7)30(41)18-27-19-32(46)38(50-11)25(5)36(27)48-9/h19,23-24,28,30-31,34,40,46-47H,14-18,20-22,41H2,1-6,9-13H3/t28-,30?,31?,34?,40-/m0/s1. The van der Waals surface area contributed by atoms with E-state index in [9.17, 15) is 10.2 Å². The highest BCUT2D eigenvalue weighted by atomic mass is 28.4. The van der Waals surface area contributed by atoms with Crippen molar-refractivity contribution in [1.82, 2.24) is 9.80 Å². The molecule has 2 heterocycles. The second-order valence-electron chi connectivity index (χ2n) is 15.2. The minimum Gasteiger partial charge on any atom is -0.504 e. The van der Waals surface area contributed by atoms with Crippen molar-refractivity contribution in [2.24, 2.45) is 5.73 Å². The van der Waals surface area contributed by atoms with Crippen LogP contribution in [0.1, 0.15) is 68.0 Å². The summed E-state index contributed by atoms with van der Waals surface area (Å²) in [5, 5.41) is 22.8. The molecule has 0 aromatic heterocycles. The molecule has 5 atom stereocenters. The molecule has 2 aliphatic heterocycles. The molecule has 1 fully saturated rings. The number of hydrogen-bond donors (Lipinski definition) is 3. The van der Waals surface area contributed by atoms with Crippen LogP contribution >= 0.6 is 0 Å².